The summed E-state index contributed by atoms with van der Waals surface area (Å²) in [6.07, 6.45) is 1.23. The summed E-state index contributed by atoms with van der Waals surface area (Å²) in [6, 6.07) is 0. The molecule has 3 N–H and O–H groups in total. The van der Waals surface area contributed by atoms with E-state index >= 15 is 0 Å². The lowest BCUT2D eigenvalue weighted by atomic mass is 10.2. The molecule has 1 rings (SSSR count). The monoisotopic (exact) mass is 260 g/mol. The van der Waals surface area contributed by atoms with Crippen molar-refractivity contribution in [2.75, 3.05) is 23.9 Å². The maximum Gasteiger partial charge on any atom is 0.154 e. The summed E-state index contributed by atoms with van der Waals surface area (Å²) in [5, 5.41) is 7.20. The van der Waals surface area contributed by atoms with E-state index in [0.29, 0.717) is 11.5 Å². The van der Waals surface area contributed by atoms with Crippen molar-refractivity contribution in [2.24, 2.45) is 7.05 Å². The number of aromatic nitrogens is 2. The molecule has 0 spiro atoms. The van der Waals surface area contributed by atoms with E-state index in [1.807, 2.05) is 6.92 Å². The molecule has 0 aromatic carbocycles. The molecule has 98 valence electrons. The van der Waals surface area contributed by atoms with E-state index in [1.54, 1.807) is 25.6 Å². The number of nitrogens with zero attached hydrogens (tertiary/aromatic N) is 2. The van der Waals surface area contributed by atoms with Crippen LogP contribution in [0.15, 0.2) is 0 Å². The number of hydrogen-bond acceptors (Lipinski definition) is 5. The summed E-state index contributed by atoms with van der Waals surface area (Å²) in [5.41, 5.74) is 7.13. The quantitative estimate of drug-likeness (QED) is 0.825. The zero-order valence-corrected chi connectivity index (χ0v) is 11.7. The third-order valence-electron chi connectivity index (χ3n) is 2.95. The second-order valence-corrected chi connectivity index (χ2v) is 7.51. The molecule has 17 heavy (non-hydrogen) atoms. The molecule has 1 aromatic heterocycles. The maximum absolute atomic E-state index is 11.6. The normalized spacial score (nSPS) is 12.8. The minimum Gasteiger partial charge on any atom is -0.394 e. The van der Waals surface area contributed by atoms with Gasteiger partial charge < -0.3 is 11.1 Å². The Morgan fingerprint density at radius 2 is 2.00 bits per heavy atom. The number of anilines is 2. The highest BCUT2D eigenvalue weighted by Gasteiger charge is 2.30. The fourth-order valence-electron chi connectivity index (χ4n) is 1.31. The lowest BCUT2D eigenvalue weighted by Crippen LogP contribution is -2.38. The molecule has 0 aliphatic heterocycles. The van der Waals surface area contributed by atoms with Crippen LogP contribution in [0.2, 0.25) is 0 Å². The average molecular weight is 260 g/mol. The molecular formula is C10H20N4O2S. The summed E-state index contributed by atoms with van der Waals surface area (Å²) in [6.45, 7) is 5.45. The van der Waals surface area contributed by atoms with E-state index in [0.717, 1.165) is 5.69 Å². The molecule has 6 nitrogen and oxygen atoms in total. The molecule has 0 bridgehead atoms. The Hall–Kier alpha value is -1.24. The molecular weight excluding hydrogens is 240 g/mol. The van der Waals surface area contributed by atoms with Gasteiger partial charge in [-0.05, 0) is 20.8 Å². The van der Waals surface area contributed by atoms with Gasteiger partial charge in [0.25, 0.3) is 0 Å². The molecule has 0 atom stereocenters. The number of sulfone groups is 1. The van der Waals surface area contributed by atoms with Crippen molar-refractivity contribution in [3.05, 3.63) is 5.69 Å². The average Bonchev–Trinajstić information content (AvgIpc) is 2.37. The summed E-state index contributed by atoms with van der Waals surface area (Å²) >= 11 is 0. The first-order valence-electron chi connectivity index (χ1n) is 5.29. The third kappa shape index (κ3) is 2.71. The van der Waals surface area contributed by atoms with Gasteiger partial charge in [0.1, 0.15) is 5.82 Å². The molecule has 0 saturated heterocycles. The smallest absolute Gasteiger partial charge is 0.154 e. The molecule has 0 radical (unpaired) electrons. The van der Waals surface area contributed by atoms with Crippen molar-refractivity contribution in [1.29, 1.82) is 0 Å². The Morgan fingerprint density at radius 1 is 1.47 bits per heavy atom. The number of nitrogens with one attached hydrogen (secondary N) is 1. The predicted molar refractivity (Wildman–Crippen MR) is 69.8 cm³/mol. The van der Waals surface area contributed by atoms with Crippen molar-refractivity contribution in [1.82, 2.24) is 9.78 Å². The summed E-state index contributed by atoms with van der Waals surface area (Å²) in [4.78, 5) is 0. The van der Waals surface area contributed by atoms with Crippen LogP contribution in [-0.2, 0) is 16.9 Å². The molecule has 1 aromatic rings. The SMILES string of the molecule is Cc1nn(C)c(NCC(C)(C)S(C)(=O)=O)c1N. The Kier molecular flexibility index (Phi) is 3.42. The predicted octanol–water partition coefficient (Wildman–Crippen LogP) is 0.546. The minimum atomic E-state index is -3.12. The van der Waals surface area contributed by atoms with Crippen molar-refractivity contribution in [3.8, 4) is 0 Å². The van der Waals surface area contributed by atoms with E-state index in [2.05, 4.69) is 10.4 Å². The van der Waals surface area contributed by atoms with Crippen molar-refractivity contribution in [3.63, 3.8) is 0 Å². The first kappa shape index (κ1) is 13.8. The number of nitrogens with two attached hydrogens (primary N) is 1. The molecule has 0 saturated carbocycles. The van der Waals surface area contributed by atoms with Crippen molar-refractivity contribution in [2.45, 2.75) is 25.5 Å². The van der Waals surface area contributed by atoms with Crippen LogP contribution in [0.25, 0.3) is 0 Å². The Labute approximate surface area is 102 Å². The van der Waals surface area contributed by atoms with E-state index in [9.17, 15) is 8.42 Å². The highest BCUT2D eigenvalue weighted by Crippen LogP contribution is 2.23. The van der Waals surface area contributed by atoms with Crippen LogP contribution in [0.5, 0.6) is 0 Å². The van der Waals surface area contributed by atoms with Gasteiger partial charge in [0.15, 0.2) is 9.84 Å². The van der Waals surface area contributed by atoms with Crippen LogP contribution in [0, 0.1) is 6.92 Å². The highest BCUT2D eigenvalue weighted by molar-refractivity contribution is 7.92. The van der Waals surface area contributed by atoms with Gasteiger partial charge >= 0.3 is 0 Å². The molecule has 0 aliphatic carbocycles. The lowest BCUT2D eigenvalue weighted by Gasteiger charge is -2.23. The van der Waals surface area contributed by atoms with Crippen molar-refractivity contribution < 1.29 is 8.42 Å². The van der Waals surface area contributed by atoms with Crippen LogP contribution < -0.4 is 11.1 Å². The largest absolute Gasteiger partial charge is 0.394 e. The highest BCUT2D eigenvalue weighted by atomic mass is 32.2. The van der Waals surface area contributed by atoms with Crippen LogP contribution in [0.3, 0.4) is 0 Å². The Balaban J connectivity index is 2.88. The van der Waals surface area contributed by atoms with Gasteiger partial charge in [0.2, 0.25) is 0 Å². The molecule has 0 aliphatic rings. The topological polar surface area (TPSA) is 90.0 Å². The fourth-order valence-corrected chi connectivity index (χ4v) is 1.65. The van der Waals surface area contributed by atoms with Gasteiger partial charge in [-0.2, -0.15) is 5.10 Å². The molecule has 0 amide bonds. The van der Waals surface area contributed by atoms with Gasteiger partial charge in [-0.3, -0.25) is 4.68 Å². The van der Waals surface area contributed by atoms with Crippen LogP contribution in [0.4, 0.5) is 11.5 Å². The van der Waals surface area contributed by atoms with Crippen LogP contribution in [-0.4, -0.2) is 35.7 Å². The van der Waals surface area contributed by atoms with E-state index in [-0.39, 0.29) is 6.54 Å². The third-order valence-corrected chi connectivity index (χ3v) is 5.11. The molecule has 0 unspecified atom stereocenters. The van der Waals surface area contributed by atoms with Gasteiger partial charge in [0, 0.05) is 19.8 Å². The van der Waals surface area contributed by atoms with Crippen LogP contribution >= 0.6 is 0 Å². The van der Waals surface area contributed by atoms with Crippen molar-refractivity contribution >= 4 is 21.3 Å². The number of aryl methyl sites for hydroxylation is 2. The van der Waals surface area contributed by atoms with E-state index in [1.165, 1.54) is 6.26 Å². The first-order valence-corrected chi connectivity index (χ1v) is 7.18. The lowest BCUT2D eigenvalue weighted by molar-refractivity contribution is 0.559. The van der Waals surface area contributed by atoms with Gasteiger partial charge in [-0.1, -0.05) is 0 Å². The second kappa shape index (κ2) is 4.21. The van der Waals surface area contributed by atoms with Gasteiger partial charge in [0.05, 0.1) is 16.1 Å². The molecule has 7 heteroatoms. The first-order chi connectivity index (χ1) is 7.56. The van der Waals surface area contributed by atoms with E-state index < -0.39 is 14.6 Å². The standard InChI is InChI=1S/C10H20N4O2S/c1-7-8(11)9(14(4)13-7)12-6-10(2,3)17(5,15)16/h12H,6,11H2,1-5H3. The van der Waals surface area contributed by atoms with E-state index in [4.69, 9.17) is 5.73 Å². The zero-order chi connectivity index (χ0) is 13.4. The molecule has 1 heterocycles. The summed E-state index contributed by atoms with van der Waals surface area (Å²) in [7, 11) is -1.36. The number of rotatable bonds is 4. The van der Waals surface area contributed by atoms with Gasteiger partial charge in [-0.25, -0.2) is 8.42 Å². The Bertz CT molecular complexity index is 517. The summed E-state index contributed by atoms with van der Waals surface area (Å²) < 4.78 is 23.9. The number of nitrogen functional groups attached to an aromatic ring is 1. The number of hydrogen-bond donors (Lipinski definition) is 2. The second-order valence-electron chi connectivity index (χ2n) is 4.86. The zero-order valence-electron chi connectivity index (χ0n) is 10.9. The van der Waals surface area contributed by atoms with Gasteiger partial charge in [-0.15, -0.1) is 0 Å². The minimum absolute atomic E-state index is 0.287. The van der Waals surface area contributed by atoms with Crippen LogP contribution in [0.1, 0.15) is 19.5 Å². The Morgan fingerprint density at radius 3 is 2.35 bits per heavy atom. The maximum atomic E-state index is 11.6. The fraction of sp³-hybridized carbons (Fsp3) is 0.700. The summed E-state index contributed by atoms with van der Waals surface area (Å²) in [5.74, 6) is 0.652. The molecule has 0 fully saturated rings.